The molecule has 13 aromatic carbocycles. The Morgan fingerprint density at radius 2 is 0.663 bits per heavy atom. The standard InChI is InChI=1S/C49H32N4.C42H33N3/c1-4-12-33(13-5-1)35-20-22-36(23-21-35)41-31-50-49(51-32-41)53-47-27-25-39(28-44(47)43-26-24-37-16-10-11-19-42(37)48(43)53)46-30-40(34-14-6-2-7-15-34)29-45(52-46)38-17-8-3-9-18-38;1-42(2,3)34-21-23-39-37(27-34)36-22-20-31-12-7-8-15-35(31)40(36)45(39)41-43-25-24-38(44-41)33-14-9-13-32(26-33)30-18-16-29(17-19-30)28-10-5-4-6-11-28/h1-32H;4-27H,1-3H3. The summed E-state index contributed by atoms with van der Waals surface area (Å²) < 4.78 is 4.46. The fraction of sp³-hybridized carbons (Fsp3) is 0.0440. The number of nitrogens with zero attached hydrogens (tertiary/aromatic N) is 7. The Morgan fingerprint density at radius 3 is 1.22 bits per heavy atom. The molecule has 7 nitrogen and oxygen atoms in total. The summed E-state index contributed by atoms with van der Waals surface area (Å²) in [4.78, 5) is 25.3. The van der Waals surface area contributed by atoms with Crippen molar-refractivity contribution in [1.29, 1.82) is 0 Å². The van der Waals surface area contributed by atoms with Gasteiger partial charge >= 0.3 is 0 Å². The molecular formula is C91H65N7. The van der Waals surface area contributed by atoms with E-state index < -0.39 is 0 Å². The van der Waals surface area contributed by atoms with Crippen molar-refractivity contribution in [3.8, 4) is 101 Å². The molecule has 18 rings (SSSR count). The highest BCUT2D eigenvalue weighted by atomic mass is 15.2. The first-order chi connectivity index (χ1) is 48.2. The highest BCUT2D eigenvalue weighted by Crippen LogP contribution is 2.42. The molecule has 7 heteroatoms. The minimum Gasteiger partial charge on any atom is -0.277 e. The number of hydrogen-bond donors (Lipinski definition) is 0. The van der Waals surface area contributed by atoms with E-state index in [0.29, 0.717) is 11.9 Å². The van der Waals surface area contributed by atoms with Gasteiger partial charge in [-0.1, -0.05) is 294 Å². The predicted octanol–water partition coefficient (Wildman–Crippen LogP) is 23.5. The monoisotopic (exact) mass is 1260 g/mol. The average Bonchev–Trinajstić information content (AvgIpc) is 1.58. The van der Waals surface area contributed by atoms with Crippen molar-refractivity contribution in [3.05, 3.63) is 346 Å². The molecule has 98 heavy (non-hydrogen) atoms. The maximum atomic E-state index is 5.23. The van der Waals surface area contributed by atoms with Crippen molar-refractivity contribution in [3.63, 3.8) is 0 Å². The normalized spacial score (nSPS) is 11.6. The van der Waals surface area contributed by atoms with Gasteiger partial charge in [0.15, 0.2) is 0 Å². The first-order valence-electron chi connectivity index (χ1n) is 33.3. The minimum absolute atomic E-state index is 0.0444. The van der Waals surface area contributed by atoms with Crippen molar-refractivity contribution < 1.29 is 0 Å². The molecule has 464 valence electrons. The first-order valence-corrected chi connectivity index (χ1v) is 33.3. The zero-order valence-corrected chi connectivity index (χ0v) is 54.5. The number of benzene rings is 13. The van der Waals surface area contributed by atoms with Gasteiger partial charge in [-0.15, -0.1) is 0 Å². The predicted molar refractivity (Wildman–Crippen MR) is 408 cm³/mol. The van der Waals surface area contributed by atoms with E-state index in [1.807, 2.05) is 42.9 Å². The van der Waals surface area contributed by atoms with Crippen LogP contribution in [0.1, 0.15) is 26.3 Å². The van der Waals surface area contributed by atoms with Crippen LogP contribution in [0.4, 0.5) is 0 Å². The lowest BCUT2D eigenvalue weighted by Crippen LogP contribution is -2.10. The molecule has 0 radical (unpaired) electrons. The van der Waals surface area contributed by atoms with Gasteiger partial charge in [0.25, 0.3) is 0 Å². The summed E-state index contributed by atoms with van der Waals surface area (Å²) in [5.74, 6) is 1.30. The second kappa shape index (κ2) is 24.9. The third kappa shape index (κ3) is 11.1. The SMILES string of the molecule is CC(C)(C)c1ccc2c(c1)c1ccc3ccccc3c1n2-c1nccc(-c2cccc(-c3ccc(-c4ccccc4)cc3)c2)n1.c1ccc(-c2ccc(-c3cnc(-n4c5ccc(-c6cc(-c7ccccc7)cc(-c7ccccc7)n6)cc5c5ccc6ccccc6c54)nc3)cc2)cc1. The van der Waals surface area contributed by atoms with Crippen molar-refractivity contribution >= 4 is 65.2 Å². The van der Waals surface area contributed by atoms with Crippen LogP contribution < -0.4 is 0 Å². The molecular weight excluding hydrogens is 1190 g/mol. The van der Waals surface area contributed by atoms with Gasteiger partial charge in [-0.3, -0.25) is 9.13 Å². The fourth-order valence-electron chi connectivity index (χ4n) is 13.9. The van der Waals surface area contributed by atoms with E-state index in [0.717, 1.165) is 99.8 Å². The Morgan fingerprint density at radius 1 is 0.245 bits per heavy atom. The third-order valence-corrected chi connectivity index (χ3v) is 19.0. The Labute approximate surface area is 569 Å². The summed E-state index contributed by atoms with van der Waals surface area (Å²) >= 11 is 0. The molecule has 0 saturated heterocycles. The molecule has 0 unspecified atom stereocenters. The maximum Gasteiger partial charge on any atom is 0.235 e. The van der Waals surface area contributed by atoms with Crippen LogP contribution in [0.3, 0.4) is 0 Å². The molecule has 0 saturated carbocycles. The van der Waals surface area contributed by atoms with Gasteiger partial charge in [0.2, 0.25) is 11.9 Å². The van der Waals surface area contributed by atoms with Gasteiger partial charge in [-0.05, 0) is 120 Å². The molecule has 0 bridgehead atoms. The third-order valence-electron chi connectivity index (χ3n) is 19.0. The molecule has 5 aromatic heterocycles. The Balaban J connectivity index is 0.000000149. The van der Waals surface area contributed by atoms with Crippen LogP contribution in [0, 0.1) is 0 Å². The maximum absolute atomic E-state index is 5.23. The largest absolute Gasteiger partial charge is 0.277 e. The van der Waals surface area contributed by atoms with Crippen molar-refractivity contribution in [2.24, 2.45) is 0 Å². The summed E-state index contributed by atoms with van der Waals surface area (Å²) in [5, 5.41) is 9.42. The lowest BCUT2D eigenvalue weighted by atomic mass is 9.86. The average molecular weight is 1260 g/mol. The highest BCUT2D eigenvalue weighted by Gasteiger charge is 2.23. The quantitative estimate of drug-likeness (QED) is 0.136. The fourth-order valence-corrected chi connectivity index (χ4v) is 13.9. The lowest BCUT2D eigenvalue weighted by molar-refractivity contribution is 0.591. The van der Waals surface area contributed by atoms with Crippen molar-refractivity contribution in [1.82, 2.24) is 34.1 Å². The topological polar surface area (TPSA) is 74.3 Å². The molecule has 0 aliphatic heterocycles. The van der Waals surface area contributed by atoms with E-state index >= 15 is 0 Å². The number of fused-ring (bicyclic) bond motifs is 10. The number of aromatic nitrogens is 7. The summed E-state index contributed by atoms with van der Waals surface area (Å²) in [6.45, 7) is 6.79. The Hall–Kier alpha value is -12.7. The summed E-state index contributed by atoms with van der Waals surface area (Å²) in [5.41, 5.74) is 23.2. The molecule has 0 N–H and O–H groups in total. The van der Waals surface area contributed by atoms with Crippen LogP contribution in [-0.2, 0) is 5.41 Å². The molecule has 0 spiro atoms. The zero-order valence-electron chi connectivity index (χ0n) is 54.5. The van der Waals surface area contributed by atoms with Crippen LogP contribution in [0.2, 0.25) is 0 Å². The summed E-state index contributed by atoms with van der Waals surface area (Å²) in [6.07, 6.45) is 5.74. The summed E-state index contributed by atoms with van der Waals surface area (Å²) in [6, 6.07) is 114. The molecule has 0 aliphatic carbocycles. The molecule has 0 atom stereocenters. The van der Waals surface area contributed by atoms with E-state index in [1.54, 1.807) is 0 Å². The minimum atomic E-state index is 0.0444. The Kier molecular flexibility index (Phi) is 15.0. The molecule has 0 fully saturated rings. The van der Waals surface area contributed by atoms with Gasteiger partial charge in [0.1, 0.15) is 0 Å². The van der Waals surface area contributed by atoms with Crippen LogP contribution in [0.25, 0.3) is 166 Å². The second-order valence-corrected chi connectivity index (χ2v) is 26.1. The summed E-state index contributed by atoms with van der Waals surface area (Å²) in [7, 11) is 0. The van der Waals surface area contributed by atoms with Gasteiger partial charge in [0, 0.05) is 73.2 Å². The molecule has 0 aliphatic rings. The van der Waals surface area contributed by atoms with Gasteiger partial charge in [-0.25, -0.2) is 24.9 Å². The van der Waals surface area contributed by atoms with E-state index in [-0.39, 0.29) is 5.41 Å². The molecule has 5 heterocycles. The second-order valence-electron chi connectivity index (χ2n) is 26.1. The van der Waals surface area contributed by atoms with Crippen LogP contribution in [-0.4, -0.2) is 34.1 Å². The van der Waals surface area contributed by atoms with Crippen LogP contribution in [0.15, 0.2) is 340 Å². The van der Waals surface area contributed by atoms with Crippen LogP contribution in [0.5, 0.6) is 0 Å². The molecule has 18 aromatic rings. The van der Waals surface area contributed by atoms with E-state index in [4.69, 9.17) is 24.9 Å². The van der Waals surface area contributed by atoms with Gasteiger partial charge < -0.3 is 0 Å². The number of rotatable bonds is 10. The zero-order chi connectivity index (χ0) is 65.7. The molecule has 0 amide bonds. The van der Waals surface area contributed by atoms with Crippen LogP contribution >= 0.6 is 0 Å². The van der Waals surface area contributed by atoms with E-state index in [1.165, 1.54) is 60.3 Å². The lowest BCUT2D eigenvalue weighted by Gasteiger charge is -2.19. The van der Waals surface area contributed by atoms with E-state index in [9.17, 15) is 0 Å². The van der Waals surface area contributed by atoms with Crippen molar-refractivity contribution in [2.75, 3.05) is 0 Å². The van der Waals surface area contributed by atoms with E-state index in [2.05, 4.69) is 327 Å². The van der Waals surface area contributed by atoms with Gasteiger partial charge in [-0.2, -0.15) is 0 Å². The highest BCUT2D eigenvalue weighted by molar-refractivity contribution is 6.20. The number of hydrogen-bond acceptors (Lipinski definition) is 5. The smallest absolute Gasteiger partial charge is 0.235 e. The van der Waals surface area contributed by atoms with Crippen molar-refractivity contribution in [2.45, 2.75) is 26.2 Å². The number of pyridine rings is 1. The van der Waals surface area contributed by atoms with Gasteiger partial charge in [0.05, 0.1) is 39.1 Å². The first kappa shape index (κ1) is 59.1. The Bertz CT molecular complexity index is 5920.